The van der Waals surface area contributed by atoms with E-state index >= 15 is 0 Å². The number of hydrogen-bond donors (Lipinski definition) is 2. The van der Waals surface area contributed by atoms with Gasteiger partial charge in [-0.25, -0.2) is 0 Å². The average Bonchev–Trinajstić information content (AvgIpc) is 2.58. The van der Waals surface area contributed by atoms with Crippen molar-refractivity contribution in [1.29, 1.82) is 0 Å². The van der Waals surface area contributed by atoms with Gasteiger partial charge in [0.1, 0.15) is 0 Å². The molecule has 0 aromatic heterocycles. The molecule has 2 aromatic rings. The first kappa shape index (κ1) is 19.7. The molecule has 0 heterocycles. The zero-order valence-corrected chi connectivity index (χ0v) is 17.0. The molecule has 25 heavy (non-hydrogen) atoms. The minimum absolute atomic E-state index is 0.00763. The standard InChI is InChI=1S/C21H27BrN2O/c1-5-19(16-9-11-17(22)12-10-16)23-13-20(25)24-21-15(4)7-6-8-18(21)14(2)3/h6-12,14,19,23H,5,13H2,1-4H3,(H,24,25)/t19-/m1/s1. The Hall–Kier alpha value is -1.65. The number of carbonyl (C=O) groups is 1. The summed E-state index contributed by atoms with van der Waals surface area (Å²) in [7, 11) is 0. The third kappa shape index (κ3) is 5.41. The molecule has 0 saturated carbocycles. The molecular formula is C21H27BrN2O. The van der Waals surface area contributed by atoms with Crippen LogP contribution in [0.15, 0.2) is 46.9 Å². The lowest BCUT2D eigenvalue weighted by atomic mass is 9.98. The van der Waals surface area contributed by atoms with Crippen LogP contribution in [0, 0.1) is 6.92 Å². The van der Waals surface area contributed by atoms with Crippen molar-refractivity contribution in [3.05, 3.63) is 63.6 Å². The van der Waals surface area contributed by atoms with Crippen LogP contribution in [0.25, 0.3) is 0 Å². The van der Waals surface area contributed by atoms with Crippen LogP contribution in [-0.2, 0) is 4.79 Å². The highest BCUT2D eigenvalue weighted by Gasteiger charge is 2.14. The van der Waals surface area contributed by atoms with Crippen molar-refractivity contribution >= 4 is 27.5 Å². The Morgan fingerprint density at radius 1 is 1.12 bits per heavy atom. The summed E-state index contributed by atoms with van der Waals surface area (Å²) in [6.45, 7) is 8.73. The van der Waals surface area contributed by atoms with Crippen molar-refractivity contribution in [3.8, 4) is 0 Å². The van der Waals surface area contributed by atoms with Crippen LogP contribution in [0.3, 0.4) is 0 Å². The van der Waals surface area contributed by atoms with Crippen molar-refractivity contribution < 1.29 is 4.79 Å². The Balaban J connectivity index is 2.02. The predicted molar refractivity (Wildman–Crippen MR) is 109 cm³/mol. The zero-order valence-electron chi connectivity index (χ0n) is 15.4. The van der Waals surface area contributed by atoms with Gasteiger partial charge in [-0.2, -0.15) is 0 Å². The van der Waals surface area contributed by atoms with E-state index in [-0.39, 0.29) is 11.9 Å². The molecule has 0 unspecified atom stereocenters. The lowest BCUT2D eigenvalue weighted by molar-refractivity contribution is -0.115. The first-order valence-corrected chi connectivity index (χ1v) is 9.59. The maximum Gasteiger partial charge on any atom is 0.238 e. The summed E-state index contributed by atoms with van der Waals surface area (Å²) in [4.78, 5) is 12.5. The summed E-state index contributed by atoms with van der Waals surface area (Å²) < 4.78 is 1.06. The summed E-state index contributed by atoms with van der Waals surface area (Å²) in [5.41, 5.74) is 4.41. The van der Waals surface area contributed by atoms with Crippen molar-refractivity contribution in [2.24, 2.45) is 0 Å². The van der Waals surface area contributed by atoms with E-state index in [1.54, 1.807) is 0 Å². The van der Waals surface area contributed by atoms with Crippen LogP contribution in [-0.4, -0.2) is 12.5 Å². The van der Waals surface area contributed by atoms with Gasteiger partial charge in [-0.05, 0) is 48.1 Å². The number of anilines is 1. The Labute approximate surface area is 159 Å². The third-order valence-corrected chi connectivity index (χ3v) is 4.91. The van der Waals surface area contributed by atoms with Gasteiger partial charge in [0.05, 0.1) is 6.54 Å². The molecule has 2 aromatic carbocycles. The van der Waals surface area contributed by atoms with E-state index < -0.39 is 0 Å². The molecule has 0 saturated heterocycles. The predicted octanol–water partition coefficient (Wildman–Crippen LogP) is 5.56. The van der Waals surface area contributed by atoms with Gasteiger partial charge in [0, 0.05) is 16.2 Å². The zero-order chi connectivity index (χ0) is 18.4. The van der Waals surface area contributed by atoms with Gasteiger partial charge >= 0.3 is 0 Å². The van der Waals surface area contributed by atoms with Crippen molar-refractivity contribution in [1.82, 2.24) is 5.32 Å². The van der Waals surface area contributed by atoms with E-state index in [0.29, 0.717) is 12.5 Å². The summed E-state index contributed by atoms with van der Waals surface area (Å²) in [6.07, 6.45) is 0.927. The van der Waals surface area contributed by atoms with Crippen LogP contribution in [0.4, 0.5) is 5.69 Å². The number of benzene rings is 2. The van der Waals surface area contributed by atoms with Crippen molar-refractivity contribution in [2.75, 3.05) is 11.9 Å². The monoisotopic (exact) mass is 402 g/mol. The molecule has 0 aliphatic heterocycles. The molecule has 1 amide bonds. The molecule has 1 atom stereocenters. The summed E-state index contributed by atoms with van der Waals surface area (Å²) in [5.74, 6) is 0.362. The van der Waals surface area contributed by atoms with E-state index in [1.807, 2.05) is 31.2 Å². The number of hydrogen-bond acceptors (Lipinski definition) is 2. The molecule has 0 aliphatic carbocycles. The van der Waals surface area contributed by atoms with Crippen molar-refractivity contribution in [2.45, 2.75) is 46.1 Å². The first-order chi connectivity index (χ1) is 11.9. The molecule has 2 rings (SSSR count). The molecular weight excluding hydrogens is 376 g/mol. The second kappa shape index (κ2) is 9.16. The van der Waals surface area contributed by atoms with E-state index in [0.717, 1.165) is 22.1 Å². The number of carbonyl (C=O) groups excluding carboxylic acids is 1. The normalized spacial score (nSPS) is 12.2. The first-order valence-electron chi connectivity index (χ1n) is 8.80. The molecule has 3 nitrogen and oxygen atoms in total. The minimum atomic E-state index is -0.00763. The van der Waals surface area contributed by atoms with Crippen molar-refractivity contribution in [3.63, 3.8) is 0 Å². The van der Waals surface area contributed by atoms with Crippen LogP contribution in [0.1, 0.15) is 55.8 Å². The Bertz CT molecular complexity index is 710. The van der Waals surface area contributed by atoms with Crippen LogP contribution >= 0.6 is 15.9 Å². The van der Waals surface area contributed by atoms with Gasteiger partial charge in [-0.1, -0.05) is 67.0 Å². The van der Waals surface area contributed by atoms with Gasteiger partial charge in [0.25, 0.3) is 0 Å². The Morgan fingerprint density at radius 3 is 2.40 bits per heavy atom. The molecule has 0 bridgehead atoms. The lowest BCUT2D eigenvalue weighted by Gasteiger charge is -2.19. The quantitative estimate of drug-likeness (QED) is 0.636. The van der Waals surface area contributed by atoms with Crippen LogP contribution in [0.5, 0.6) is 0 Å². The SMILES string of the molecule is CC[C@@H](NCC(=O)Nc1c(C)cccc1C(C)C)c1ccc(Br)cc1. The van der Waals surface area contributed by atoms with Gasteiger partial charge in [0.15, 0.2) is 0 Å². The second-order valence-electron chi connectivity index (χ2n) is 6.64. The van der Waals surface area contributed by atoms with Crippen LogP contribution in [0.2, 0.25) is 0 Å². The molecule has 0 aliphatic rings. The molecule has 134 valence electrons. The molecule has 4 heteroatoms. The van der Waals surface area contributed by atoms with E-state index in [9.17, 15) is 4.79 Å². The minimum Gasteiger partial charge on any atom is -0.324 e. The fraction of sp³-hybridized carbons (Fsp3) is 0.381. The number of halogens is 1. The Morgan fingerprint density at radius 2 is 1.80 bits per heavy atom. The number of amides is 1. The second-order valence-corrected chi connectivity index (χ2v) is 7.55. The maximum absolute atomic E-state index is 12.5. The summed E-state index contributed by atoms with van der Waals surface area (Å²) in [6, 6.07) is 14.6. The smallest absolute Gasteiger partial charge is 0.238 e. The summed E-state index contributed by atoms with van der Waals surface area (Å²) >= 11 is 3.46. The highest BCUT2D eigenvalue weighted by Crippen LogP contribution is 2.27. The fourth-order valence-electron chi connectivity index (χ4n) is 2.93. The molecule has 0 spiro atoms. The summed E-state index contributed by atoms with van der Waals surface area (Å²) in [5, 5.41) is 6.46. The van der Waals surface area contributed by atoms with E-state index in [4.69, 9.17) is 0 Å². The Kier molecular flexibility index (Phi) is 7.21. The third-order valence-electron chi connectivity index (χ3n) is 4.38. The number of para-hydroxylation sites is 1. The highest BCUT2D eigenvalue weighted by atomic mass is 79.9. The fourth-order valence-corrected chi connectivity index (χ4v) is 3.20. The maximum atomic E-state index is 12.5. The van der Waals surface area contributed by atoms with Gasteiger partial charge in [-0.3, -0.25) is 4.79 Å². The van der Waals surface area contributed by atoms with Gasteiger partial charge < -0.3 is 10.6 Å². The number of nitrogens with one attached hydrogen (secondary N) is 2. The average molecular weight is 403 g/mol. The highest BCUT2D eigenvalue weighted by molar-refractivity contribution is 9.10. The van der Waals surface area contributed by atoms with Gasteiger partial charge in [0.2, 0.25) is 5.91 Å². The van der Waals surface area contributed by atoms with Gasteiger partial charge in [-0.15, -0.1) is 0 Å². The molecule has 0 fully saturated rings. The van der Waals surface area contributed by atoms with E-state index in [1.165, 1.54) is 11.1 Å². The van der Waals surface area contributed by atoms with Crippen LogP contribution < -0.4 is 10.6 Å². The van der Waals surface area contributed by atoms with E-state index in [2.05, 4.69) is 65.5 Å². The topological polar surface area (TPSA) is 41.1 Å². The largest absolute Gasteiger partial charge is 0.324 e. The number of rotatable bonds is 7. The molecule has 0 radical (unpaired) electrons. The lowest BCUT2D eigenvalue weighted by Crippen LogP contribution is -2.31. The number of aryl methyl sites for hydroxylation is 1. The molecule has 2 N–H and O–H groups in total.